The number of hydrogen-bond donors (Lipinski definition) is 2. The van der Waals surface area contributed by atoms with Gasteiger partial charge in [0.15, 0.2) is 5.60 Å². The van der Waals surface area contributed by atoms with Crippen molar-refractivity contribution in [3.05, 3.63) is 18.0 Å². The molecule has 1 heterocycles. The molecule has 0 spiro atoms. The molecule has 0 bridgehead atoms. The SMILES string of the molecule is CCOC(=O)c1[nH]ccc1NCCOC1(C(F)(F)F)CCCC1. The van der Waals surface area contributed by atoms with Crippen LogP contribution in [-0.2, 0) is 9.47 Å². The minimum atomic E-state index is -4.35. The quantitative estimate of drug-likeness (QED) is 0.592. The van der Waals surface area contributed by atoms with Gasteiger partial charge in [0.1, 0.15) is 5.69 Å². The molecular formula is C15H21F3N2O3. The second kappa shape index (κ2) is 7.25. The lowest BCUT2D eigenvalue weighted by molar-refractivity contribution is -0.274. The number of anilines is 1. The summed E-state index contributed by atoms with van der Waals surface area (Å²) in [6.07, 6.45) is -1.73. The number of halogens is 3. The average molecular weight is 334 g/mol. The van der Waals surface area contributed by atoms with E-state index in [4.69, 9.17) is 9.47 Å². The van der Waals surface area contributed by atoms with Crippen LogP contribution in [0, 0.1) is 0 Å². The number of nitrogens with one attached hydrogen (secondary N) is 2. The zero-order valence-electron chi connectivity index (χ0n) is 13.0. The lowest BCUT2D eigenvalue weighted by atomic mass is 10.0. The van der Waals surface area contributed by atoms with Crippen LogP contribution in [-0.4, -0.2) is 42.5 Å². The van der Waals surface area contributed by atoms with E-state index in [-0.39, 0.29) is 38.3 Å². The van der Waals surface area contributed by atoms with E-state index in [1.54, 1.807) is 19.2 Å². The molecule has 1 aromatic heterocycles. The van der Waals surface area contributed by atoms with Crippen LogP contribution < -0.4 is 5.32 Å². The fourth-order valence-corrected chi connectivity index (χ4v) is 2.78. The first-order valence-electron chi connectivity index (χ1n) is 7.69. The molecule has 23 heavy (non-hydrogen) atoms. The summed E-state index contributed by atoms with van der Waals surface area (Å²) in [5, 5.41) is 2.90. The van der Waals surface area contributed by atoms with Gasteiger partial charge in [-0.15, -0.1) is 0 Å². The Morgan fingerprint density at radius 3 is 2.70 bits per heavy atom. The van der Waals surface area contributed by atoms with Gasteiger partial charge >= 0.3 is 12.1 Å². The smallest absolute Gasteiger partial charge is 0.417 e. The number of H-pyrrole nitrogens is 1. The minimum absolute atomic E-state index is 0.00866. The van der Waals surface area contributed by atoms with Gasteiger partial charge in [0.25, 0.3) is 0 Å². The van der Waals surface area contributed by atoms with Crippen LogP contribution in [0.2, 0.25) is 0 Å². The highest BCUT2D eigenvalue weighted by Crippen LogP contribution is 2.45. The molecule has 2 rings (SSSR count). The number of carbonyl (C=O) groups excluding carboxylic acids is 1. The summed E-state index contributed by atoms with van der Waals surface area (Å²) in [6.45, 7) is 2.02. The van der Waals surface area contributed by atoms with E-state index in [0.29, 0.717) is 18.5 Å². The molecule has 0 saturated heterocycles. The number of alkyl halides is 3. The Labute approximate surface area is 132 Å². The van der Waals surface area contributed by atoms with Gasteiger partial charge in [0.2, 0.25) is 0 Å². The Kier molecular flexibility index (Phi) is 5.56. The normalized spacial score (nSPS) is 17.2. The van der Waals surface area contributed by atoms with Crippen LogP contribution in [0.5, 0.6) is 0 Å². The molecule has 0 radical (unpaired) electrons. The number of ether oxygens (including phenoxy) is 2. The van der Waals surface area contributed by atoms with Crippen molar-refractivity contribution >= 4 is 11.7 Å². The van der Waals surface area contributed by atoms with E-state index in [0.717, 1.165) is 0 Å². The monoisotopic (exact) mass is 334 g/mol. The Hall–Kier alpha value is -1.70. The van der Waals surface area contributed by atoms with Gasteiger partial charge in [-0.3, -0.25) is 0 Å². The van der Waals surface area contributed by atoms with Crippen molar-refractivity contribution in [1.82, 2.24) is 4.98 Å². The molecule has 0 atom stereocenters. The summed E-state index contributed by atoms with van der Waals surface area (Å²) in [4.78, 5) is 14.4. The van der Waals surface area contributed by atoms with Crippen molar-refractivity contribution in [2.24, 2.45) is 0 Å². The lowest BCUT2D eigenvalue weighted by Crippen LogP contribution is -2.46. The first-order chi connectivity index (χ1) is 10.9. The number of hydrogen-bond acceptors (Lipinski definition) is 4. The molecule has 5 nitrogen and oxygen atoms in total. The van der Waals surface area contributed by atoms with Gasteiger partial charge in [-0.1, -0.05) is 12.8 Å². The van der Waals surface area contributed by atoms with E-state index in [9.17, 15) is 18.0 Å². The number of rotatable bonds is 7. The van der Waals surface area contributed by atoms with Crippen LogP contribution >= 0.6 is 0 Å². The zero-order chi connectivity index (χ0) is 16.9. The van der Waals surface area contributed by atoms with E-state index in [2.05, 4.69) is 10.3 Å². The summed E-state index contributed by atoms with van der Waals surface area (Å²) in [5.41, 5.74) is -1.28. The highest BCUT2D eigenvalue weighted by Gasteiger charge is 2.57. The maximum absolute atomic E-state index is 13.2. The van der Waals surface area contributed by atoms with Crippen molar-refractivity contribution in [3.8, 4) is 0 Å². The average Bonchev–Trinajstić information content (AvgIpc) is 3.13. The maximum Gasteiger partial charge on any atom is 0.417 e. The summed E-state index contributed by atoms with van der Waals surface area (Å²) in [5.74, 6) is -0.511. The standard InChI is InChI=1S/C15H21F3N2O3/c1-2-22-13(21)12-11(5-8-20-12)19-9-10-23-14(15(16,17)18)6-3-4-7-14/h5,8,19-20H,2-4,6-7,9-10H2,1H3. The van der Waals surface area contributed by atoms with E-state index in [1.807, 2.05) is 0 Å². The Bertz CT molecular complexity index is 522. The van der Waals surface area contributed by atoms with Crippen molar-refractivity contribution in [1.29, 1.82) is 0 Å². The lowest BCUT2D eigenvalue weighted by Gasteiger charge is -2.31. The summed E-state index contributed by atoms with van der Waals surface area (Å²) in [6, 6.07) is 1.63. The van der Waals surface area contributed by atoms with Gasteiger partial charge in [0.05, 0.1) is 18.9 Å². The van der Waals surface area contributed by atoms with Crippen LogP contribution in [0.25, 0.3) is 0 Å². The van der Waals surface area contributed by atoms with Gasteiger partial charge in [-0.05, 0) is 25.8 Å². The second-order valence-corrected chi connectivity index (χ2v) is 5.46. The van der Waals surface area contributed by atoms with Gasteiger partial charge in [0, 0.05) is 12.7 Å². The fourth-order valence-electron chi connectivity index (χ4n) is 2.78. The van der Waals surface area contributed by atoms with Crippen LogP contribution in [0.3, 0.4) is 0 Å². The van der Waals surface area contributed by atoms with E-state index >= 15 is 0 Å². The molecule has 130 valence electrons. The highest BCUT2D eigenvalue weighted by molar-refractivity contribution is 5.93. The molecule has 0 unspecified atom stereocenters. The van der Waals surface area contributed by atoms with Crippen LogP contribution in [0.1, 0.15) is 43.1 Å². The van der Waals surface area contributed by atoms with Crippen molar-refractivity contribution in [3.63, 3.8) is 0 Å². The highest BCUT2D eigenvalue weighted by atomic mass is 19.4. The fraction of sp³-hybridized carbons (Fsp3) is 0.667. The van der Waals surface area contributed by atoms with Gasteiger partial charge < -0.3 is 19.8 Å². The molecule has 1 aromatic rings. The molecule has 0 aromatic carbocycles. The van der Waals surface area contributed by atoms with E-state index in [1.165, 1.54) is 0 Å². The zero-order valence-corrected chi connectivity index (χ0v) is 13.0. The van der Waals surface area contributed by atoms with Gasteiger partial charge in [-0.25, -0.2) is 4.79 Å². The molecule has 8 heteroatoms. The first-order valence-corrected chi connectivity index (χ1v) is 7.69. The molecule has 1 aliphatic carbocycles. The molecule has 0 amide bonds. The summed E-state index contributed by atoms with van der Waals surface area (Å²) in [7, 11) is 0. The molecule has 2 N–H and O–H groups in total. The Balaban J connectivity index is 1.86. The third kappa shape index (κ3) is 3.99. The Morgan fingerprint density at radius 2 is 2.09 bits per heavy atom. The number of esters is 1. The number of aromatic nitrogens is 1. The first kappa shape index (κ1) is 17.7. The van der Waals surface area contributed by atoms with Crippen molar-refractivity contribution in [2.45, 2.75) is 44.4 Å². The Morgan fingerprint density at radius 1 is 1.39 bits per heavy atom. The second-order valence-electron chi connectivity index (χ2n) is 5.46. The minimum Gasteiger partial charge on any atom is -0.461 e. The van der Waals surface area contributed by atoms with Crippen LogP contribution in [0.15, 0.2) is 12.3 Å². The maximum atomic E-state index is 13.2. The molecule has 0 aliphatic heterocycles. The van der Waals surface area contributed by atoms with Crippen molar-refractivity contribution in [2.75, 3.05) is 25.1 Å². The molecular weight excluding hydrogens is 313 g/mol. The topological polar surface area (TPSA) is 63.4 Å². The predicted molar refractivity (Wildman–Crippen MR) is 78.4 cm³/mol. The van der Waals surface area contributed by atoms with E-state index < -0.39 is 17.7 Å². The molecule has 1 saturated carbocycles. The van der Waals surface area contributed by atoms with Gasteiger partial charge in [-0.2, -0.15) is 13.2 Å². The van der Waals surface area contributed by atoms with Crippen molar-refractivity contribution < 1.29 is 27.4 Å². The third-order valence-corrected chi connectivity index (χ3v) is 3.95. The predicted octanol–water partition coefficient (Wildman–Crippen LogP) is 3.50. The molecule has 1 aliphatic rings. The largest absolute Gasteiger partial charge is 0.461 e. The molecule has 1 fully saturated rings. The number of aromatic amines is 1. The third-order valence-electron chi connectivity index (χ3n) is 3.95. The van der Waals surface area contributed by atoms with Crippen LogP contribution in [0.4, 0.5) is 18.9 Å². The summed E-state index contributed by atoms with van der Waals surface area (Å²) >= 11 is 0. The number of carbonyl (C=O) groups is 1. The summed E-state index contributed by atoms with van der Waals surface area (Å²) < 4.78 is 49.6.